The van der Waals surface area contributed by atoms with Crippen LogP contribution >= 0.6 is 0 Å². The van der Waals surface area contributed by atoms with Crippen LogP contribution in [0.25, 0.3) is 0 Å². The molecule has 2 rings (SSSR count). The maximum Gasteiger partial charge on any atom is 0.237 e. The van der Waals surface area contributed by atoms with Gasteiger partial charge in [0.1, 0.15) is 0 Å². The van der Waals surface area contributed by atoms with E-state index in [-0.39, 0.29) is 17.0 Å². The highest BCUT2D eigenvalue weighted by Gasteiger charge is 2.43. The first kappa shape index (κ1) is 20.7. The predicted molar refractivity (Wildman–Crippen MR) is 110 cm³/mol. The Bertz CT molecular complexity index is 631. The lowest BCUT2D eigenvalue weighted by atomic mass is 9.79. The van der Waals surface area contributed by atoms with E-state index in [2.05, 4.69) is 62.6 Å². The molecule has 0 fully saturated rings. The molecule has 144 valence electrons. The van der Waals surface area contributed by atoms with Crippen LogP contribution in [0.15, 0.2) is 42.0 Å². The van der Waals surface area contributed by atoms with Crippen molar-refractivity contribution in [3.63, 3.8) is 0 Å². The number of unbranched alkanes of at least 4 members (excludes halogenated alkanes) is 1. The molecule has 0 saturated carbocycles. The maximum absolute atomic E-state index is 13.2. The molecule has 3 heteroatoms. The average Bonchev–Trinajstić information content (AvgIpc) is 2.51. The van der Waals surface area contributed by atoms with Gasteiger partial charge in [-0.2, -0.15) is 0 Å². The minimum Gasteiger partial charge on any atom is -0.328 e. The second kappa shape index (κ2) is 8.39. The zero-order chi connectivity index (χ0) is 19.4. The normalized spacial score (nSPS) is 18.7. The number of nitrogens with zero attached hydrogens (tertiary/aromatic N) is 2. The van der Waals surface area contributed by atoms with Crippen LogP contribution in [0.2, 0.25) is 0 Å². The van der Waals surface area contributed by atoms with E-state index in [1.54, 1.807) is 0 Å². The molecule has 3 nitrogen and oxygen atoms in total. The Balaban J connectivity index is 2.10. The number of likely N-dealkylation sites (N-methyl/N-ethyl adjacent to an activating group) is 1. The number of benzene rings is 1. The Hall–Kier alpha value is -1.61. The number of hydrogen-bond donors (Lipinski definition) is 0. The van der Waals surface area contributed by atoms with Gasteiger partial charge in [0.25, 0.3) is 0 Å². The monoisotopic (exact) mass is 356 g/mol. The van der Waals surface area contributed by atoms with Crippen molar-refractivity contribution in [3.8, 4) is 0 Å². The van der Waals surface area contributed by atoms with Crippen molar-refractivity contribution in [2.75, 3.05) is 13.6 Å². The fourth-order valence-corrected chi connectivity index (χ4v) is 4.51. The van der Waals surface area contributed by atoms with Crippen LogP contribution in [0.3, 0.4) is 0 Å². The number of amides is 1. The molecule has 1 aromatic rings. The van der Waals surface area contributed by atoms with Gasteiger partial charge in [0, 0.05) is 12.1 Å². The molecule has 0 atom stereocenters. The molecule has 1 heterocycles. The van der Waals surface area contributed by atoms with E-state index in [4.69, 9.17) is 0 Å². The molecule has 0 aromatic heterocycles. The van der Waals surface area contributed by atoms with E-state index in [0.29, 0.717) is 6.54 Å². The molecule has 0 radical (unpaired) electrons. The van der Waals surface area contributed by atoms with E-state index in [1.165, 1.54) is 24.0 Å². The van der Waals surface area contributed by atoms with Crippen LogP contribution in [-0.2, 0) is 11.3 Å². The Kier molecular flexibility index (Phi) is 6.68. The number of rotatable bonds is 7. The van der Waals surface area contributed by atoms with Gasteiger partial charge in [-0.25, -0.2) is 0 Å². The average molecular weight is 357 g/mol. The van der Waals surface area contributed by atoms with Crippen LogP contribution in [0.4, 0.5) is 0 Å². The Morgan fingerprint density at radius 2 is 1.81 bits per heavy atom. The van der Waals surface area contributed by atoms with Gasteiger partial charge in [0.15, 0.2) is 0 Å². The highest BCUT2D eigenvalue weighted by molar-refractivity contribution is 5.80. The molecule has 0 N–H and O–H groups in total. The molecule has 0 spiro atoms. The van der Waals surface area contributed by atoms with Crippen LogP contribution in [-0.4, -0.2) is 40.4 Å². The third kappa shape index (κ3) is 5.20. The predicted octanol–water partition coefficient (Wildman–Crippen LogP) is 5.02. The van der Waals surface area contributed by atoms with Gasteiger partial charge in [-0.15, -0.1) is 0 Å². The largest absolute Gasteiger partial charge is 0.328 e. The minimum absolute atomic E-state index is 0.147. The van der Waals surface area contributed by atoms with Crippen molar-refractivity contribution < 1.29 is 4.79 Å². The summed E-state index contributed by atoms with van der Waals surface area (Å²) in [5.41, 5.74) is 2.35. The first-order valence-electron chi connectivity index (χ1n) is 9.92. The number of carbonyl (C=O) groups is 1. The highest BCUT2D eigenvalue weighted by Crippen LogP contribution is 2.39. The first-order chi connectivity index (χ1) is 12.2. The summed E-state index contributed by atoms with van der Waals surface area (Å²) in [5.74, 6) is 0.212. The van der Waals surface area contributed by atoms with Gasteiger partial charge in [0.05, 0.1) is 12.1 Å². The highest BCUT2D eigenvalue weighted by atomic mass is 16.2. The first-order valence-corrected chi connectivity index (χ1v) is 9.92. The SMILES string of the molecule is CCCCC1=CC(C)(C)N(C(=O)CN(C)Cc2ccccc2)C(C)(C)C1. The molecule has 0 bridgehead atoms. The molecule has 0 unspecified atom stereocenters. The summed E-state index contributed by atoms with van der Waals surface area (Å²) in [6.07, 6.45) is 6.91. The van der Waals surface area contributed by atoms with Crippen molar-refractivity contribution in [3.05, 3.63) is 47.5 Å². The molecule has 1 aromatic carbocycles. The third-order valence-corrected chi connectivity index (χ3v) is 5.20. The van der Waals surface area contributed by atoms with Gasteiger partial charge in [-0.3, -0.25) is 9.69 Å². The number of carbonyl (C=O) groups excluding carboxylic acids is 1. The zero-order valence-electron chi connectivity index (χ0n) is 17.5. The van der Waals surface area contributed by atoms with Crippen molar-refractivity contribution in [1.29, 1.82) is 0 Å². The molecule has 0 saturated heterocycles. The Morgan fingerprint density at radius 1 is 1.15 bits per heavy atom. The lowest BCUT2D eigenvalue weighted by Gasteiger charge is -2.52. The minimum atomic E-state index is -0.241. The van der Waals surface area contributed by atoms with Crippen LogP contribution in [0.5, 0.6) is 0 Å². The summed E-state index contributed by atoms with van der Waals surface area (Å²) in [7, 11) is 2.03. The molecule has 0 aliphatic carbocycles. The smallest absolute Gasteiger partial charge is 0.237 e. The maximum atomic E-state index is 13.2. The third-order valence-electron chi connectivity index (χ3n) is 5.20. The summed E-state index contributed by atoms with van der Waals surface area (Å²) in [6.45, 7) is 12.2. The van der Waals surface area contributed by atoms with Gasteiger partial charge >= 0.3 is 0 Å². The van der Waals surface area contributed by atoms with Crippen LogP contribution in [0, 0.1) is 0 Å². The molecule has 1 aliphatic heterocycles. The molecular formula is C23H36N2O. The van der Waals surface area contributed by atoms with Gasteiger partial charge in [-0.1, -0.05) is 55.3 Å². The summed E-state index contributed by atoms with van der Waals surface area (Å²) in [6, 6.07) is 10.3. The van der Waals surface area contributed by atoms with E-state index in [1.807, 2.05) is 25.2 Å². The second-order valence-electron chi connectivity index (χ2n) is 8.94. The molecule has 1 amide bonds. The van der Waals surface area contributed by atoms with E-state index in [9.17, 15) is 4.79 Å². The van der Waals surface area contributed by atoms with Gasteiger partial charge < -0.3 is 4.90 Å². The standard InChI is InChI=1S/C23H36N2O/c1-7-8-12-20-15-22(2,3)25(23(4,5)16-20)21(26)18-24(6)17-19-13-10-9-11-14-19/h9-11,13-15H,7-8,12,16-18H2,1-6H3. The van der Waals surface area contributed by atoms with E-state index >= 15 is 0 Å². The lowest BCUT2D eigenvalue weighted by molar-refractivity contribution is -0.144. The van der Waals surface area contributed by atoms with E-state index in [0.717, 1.165) is 19.4 Å². The molecular weight excluding hydrogens is 320 g/mol. The number of hydrogen-bond acceptors (Lipinski definition) is 2. The summed E-state index contributed by atoms with van der Waals surface area (Å²) in [4.78, 5) is 17.4. The summed E-state index contributed by atoms with van der Waals surface area (Å²) in [5, 5.41) is 0. The fraction of sp³-hybridized carbons (Fsp3) is 0.609. The van der Waals surface area contributed by atoms with E-state index < -0.39 is 0 Å². The lowest BCUT2D eigenvalue weighted by Crippen LogP contribution is -2.61. The van der Waals surface area contributed by atoms with Crippen LogP contribution in [0.1, 0.15) is 65.9 Å². The van der Waals surface area contributed by atoms with Crippen molar-refractivity contribution in [1.82, 2.24) is 9.80 Å². The Morgan fingerprint density at radius 3 is 2.38 bits per heavy atom. The summed E-state index contributed by atoms with van der Waals surface area (Å²) >= 11 is 0. The fourth-order valence-electron chi connectivity index (χ4n) is 4.51. The van der Waals surface area contributed by atoms with Crippen LogP contribution < -0.4 is 0 Å². The summed E-state index contributed by atoms with van der Waals surface area (Å²) < 4.78 is 0. The van der Waals surface area contributed by atoms with Crippen molar-refractivity contribution in [2.45, 2.75) is 77.9 Å². The van der Waals surface area contributed by atoms with Gasteiger partial charge in [0.2, 0.25) is 5.91 Å². The topological polar surface area (TPSA) is 23.6 Å². The zero-order valence-corrected chi connectivity index (χ0v) is 17.5. The molecule has 26 heavy (non-hydrogen) atoms. The molecule has 1 aliphatic rings. The Labute approximate surface area is 160 Å². The van der Waals surface area contributed by atoms with Crippen molar-refractivity contribution in [2.24, 2.45) is 0 Å². The second-order valence-corrected chi connectivity index (χ2v) is 8.94. The quantitative estimate of drug-likeness (QED) is 0.640. The van der Waals surface area contributed by atoms with Gasteiger partial charge in [-0.05, 0) is 59.6 Å². The van der Waals surface area contributed by atoms with Crippen molar-refractivity contribution >= 4 is 5.91 Å².